The molecule has 0 heterocycles. The van der Waals surface area contributed by atoms with Crippen LogP contribution in [0.2, 0.25) is 0 Å². The van der Waals surface area contributed by atoms with Crippen molar-refractivity contribution in [2.45, 2.75) is 39.2 Å². The first-order valence-corrected chi connectivity index (χ1v) is 5.33. The molecule has 0 radical (unpaired) electrons. The fraction of sp³-hybridized carbons (Fsp3) is 1.00. The minimum absolute atomic E-state index is 0.911. The highest BCUT2D eigenvalue weighted by atomic mass is 15.2. The molecule has 0 aromatic carbocycles. The van der Waals surface area contributed by atoms with Gasteiger partial charge in [-0.05, 0) is 25.9 Å². The number of hydrogen-bond donors (Lipinski definition) is 1. The molecule has 1 N–H and O–H groups in total. The van der Waals surface area contributed by atoms with Crippen LogP contribution in [0.5, 0.6) is 0 Å². The summed E-state index contributed by atoms with van der Waals surface area (Å²) in [7, 11) is 0. The molecule has 1 fully saturated rings. The number of rotatable bonds is 6. The van der Waals surface area contributed by atoms with Crippen LogP contribution in [0.1, 0.15) is 33.1 Å². The molecule has 2 nitrogen and oxygen atoms in total. The van der Waals surface area contributed by atoms with Gasteiger partial charge in [0, 0.05) is 19.1 Å². The van der Waals surface area contributed by atoms with Crippen LogP contribution < -0.4 is 5.32 Å². The molecule has 1 rings (SSSR count). The van der Waals surface area contributed by atoms with Gasteiger partial charge < -0.3 is 5.32 Å². The van der Waals surface area contributed by atoms with E-state index in [0.29, 0.717) is 0 Å². The summed E-state index contributed by atoms with van der Waals surface area (Å²) in [6, 6.07) is 0.911. The lowest BCUT2D eigenvalue weighted by Crippen LogP contribution is -2.43. The molecule has 72 valence electrons. The molecule has 12 heavy (non-hydrogen) atoms. The Morgan fingerprint density at radius 1 is 1.33 bits per heavy atom. The van der Waals surface area contributed by atoms with E-state index in [1.165, 1.54) is 32.4 Å². The Kier molecular flexibility index (Phi) is 4.62. The molecule has 0 atom stereocenters. The van der Waals surface area contributed by atoms with Crippen molar-refractivity contribution < 1.29 is 0 Å². The van der Waals surface area contributed by atoms with E-state index in [0.717, 1.165) is 19.1 Å². The first-order chi connectivity index (χ1) is 5.88. The molecule has 2 heteroatoms. The molecule has 1 aliphatic rings. The fourth-order valence-electron chi connectivity index (χ4n) is 1.75. The van der Waals surface area contributed by atoms with Crippen molar-refractivity contribution in [1.82, 2.24) is 10.2 Å². The average molecular weight is 170 g/mol. The van der Waals surface area contributed by atoms with Crippen molar-refractivity contribution in [3.8, 4) is 0 Å². The smallest absolute Gasteiger partial charge is 0.0110 e. The van der Waals surface area contributed by atoms with Gasteiger partial charge in [0.05, 0.1) is 0 Å². The summed E-state index contributed by atoms with van der Waals surface area (Å²) in [4.78, 5) is 2.60. The highest BCUT2D eigenvalue weighted by Gasteiger charge is 2.22. The number of nitrogens with one attached hydrogen (secondary N) is 1. The lowest BCUT2D eigenvalue weighted by atomic mass is 9.91. The summed E-state index contributed by atoms with van der Waals surface area (Å²) < 4.78 is 0. The van der Waals surface area contributed by atoms with Gasteiger partial charge in [-0.3, -0.25) is 4.90 Å². The highest BCUT2D eigenvalue weighted by Crippen LogP contribution is 2.23. The maximum atomic E-state index is 3.37. The van der Waals surface area contributed by atoms with Crippen LogP contribution in [-0.4, -0.2) is 37.1 Å². The molecule has 0 aromatic heterocycles. The van der Waals surface area contributed by atoms with Crippen molar-refractivity contribution in [2.75, 3.05) is 26.2 Å². The van der Waals surface area contributed by atoms with E-state index in [1.54, 1.807) is 0 Å². The van der Waals surface area contributed by atoms with Crippen LogP contribution in [0.15, 0.2) is 0 Å². The Morgan fingerprint density at radius 2 is 2.08 bits per heavy atom. The topological polar surface area (TPSA) is 15.3 Å². The van der Waals surface area contributed by atoms with Gasteiger partial charge in [0.1, 0.15) is 0 Å². The normalized spacial score (nSPS) is 18.2. The summed E-state index contributed by atoms with van der Waals surface area (Å²) in [6.07, 6.45) is 4.31. The molecule has 0 aromatic rings. The molecule has 0 amide bonds. The van der Waals surface area contributed by atoms with Crippen LogP contribution in [0.3, 0.4) is 0 Å². The van der Waals surface area contributed by atoms with Gasteiger partial charge >= 0.3 is 0 Å². The van der Waals surface area contributed by atoms with Crippen molar-refractivity contribution in [3.05, 3.63) is 0 Å². The van der Waals surface area contributed by atoms with Crippen molar-refractivity contribution in [1.29, 1.82) is 0 Å². The number of nitrogens with zero attached hydrogens (tertiary/aromatic N) is 1. The van der Waals surface area contributed by atoms with Crippen molar-refractivity contribution in [2.24, 2.45) is 0 Å². The van der Waals surface area contributed by atoms with E-state index < -0.39 is 0 Å². The lowest BCUT2D eigenvalue weighted by Gasteiger charge is -2.36. The summed E-state index contributed by atoms with van der Waals surface area (Å²) in [5.74, 6) is 0. The predicted molar refractivity (Wildman–Crippen MR) is 53.4 cm³/mol. The summed E-state index contributed by atoms with van der Waals surface area (Å²) in [5.41, 5.74) is 0. The zero-order valence-corrected chi connectivity index (χ0v) is 8.47. The standard InChI is InChI=1S/C10H22N2/c1-3-11-8-9-12(4-2)10-6-5-7-10/h10-11H,3-9H2,1-2H3. The Bertz CT molecular complexity index is 110. The van der Waals surface area contributed by atoms with Crippen LogP contribution in [0.4, 0.5) is 0 Å². The second kappa shape index (κ2) is 5.55. The minimum Gasteiger partial charge on any atom is -0.316 e. The van der Waals surface area contributed by atoms with E-state index in [9.17, 15) is 0 Å². The molecule has 0 saturated heterocycles. The van der Waals surface area contributed by atoms with E-state index >= 15 is 0 Å². The zero-order chi connectivity index (χ0) is 8.81. The average Bonchev–Trinajstić information content (AvgIpc) is 1.99. The Morgan fingerprint density at radius 3 is 2.50 bits per heavy atom. The molecule has 0 unspecified atom stereocenters. The molecule has 1 aliphatic carbocycles. The first kappa shape index (κ1) is 10.0. The maximum Gasteiger partial charge on any atom is 0.0110 e. The molecule has 0 spiro atoms. The second-order valence-corrected chi connectivity index (χ2v) is 3.57. The third-order valence-corrected chi connectivity index (χ3v) is 2.82. The molecule has 1 saturated carbocycles. The van der Waals surface area contributed by atoms with Crippen LogP contribution in [0, 0.1) is 0 Å². The van der Waals surface area contributed by atoms with Gasteiger partial charge in [0.2, 0.25) is 0 Å². The van der Waals surface area contributed by atoms with Gasteiger partial charge in [-0.25, -0.2) is 0 Å². The van der Waals surface area contributed by atoms with Gasteiger partial charge in [0.25, 0.3) is 0 Å². The van der Waals surface area contributed by atoms with E-state index in [4.69, 9.17) is 0 Å². The van der Waals surface area contributed by atoms with Crippen LogP contribution >= 0.6 is 0 Å². The quantitative estimate of drug-likeness (QED) is 0.607. The molecular formula is C10H22N2. The minimum atomic E-state index is 0.911. The maximum absolute atomic E-state index is 3.37. The number of likely N-dealkylation sites (N-methyl/N-ethyl adjacent to an activating group) is 2. The molecule has 0 bridgehead atoms. The van der Waals surface area contributed by atoms with E-state index in [1.807, 2.05) is 0 Å². The predicted octanol–water partition coefficient (Wildman–Crippen LogP) is 1.47. The third-order valence-electron chi connectivity index (χ3n) is 2.82. The van der Waals surface area contributed by atoms with Crippen molar-refractivity contribution in [3.63, 3.8) is 0 Å². The second-order valence-electron chi connectivity index (χ2n) is 3.57. The Hall–Kier alpha value is -0.0800. The van der Waals surface area contributed by atoms with E-state index in [2.05, 4.69) is 24.1 Å². The van der Waals surface area contributed by atoms with Gasteiger partial charge in [0.15, 0.2) is 0 Å². The van der Waals surface area contributed by atoms with Crippen molar-refractivity contribution >= 4 is 0 Å². The van der Waals surface area contributed by atoms with Gasteiger partial charge in [-0.15, -0.1) is 0 Å². The highest BCUT2D eigenvalue weighted by molar-refractivity contribution is 4.79. The molecular weight excluding hydrogens is 148 g/mol. The Labute approximate surface area is 76.3 Å². The van der Waals surface area contributed by atoms with E-state index in [-0.39, 0.29) is 0 Å². The van der Waals surface area contributed by atoms with Crippen LogP contribution in [0.25, 0.3) is 0 Å². The fourth-order valence-corrected chi connectivity index (χ4v) is 1.75. The van der Waals surface area contributed by atoms with Gasteiger partial charge in [-0.1, -0.05) is 20.3 Å². The summed E-state index contributed by atoms with van der Waals surface area (Å²) in [6.45, 7) is 9.14. The monoisotopic (exact) mass is 170 g/mol. The number of hydrogen-bond acceptors (Lipinski definition) is 2. The largest absolute Gasteiger partial charge is 0.316 e. The van der Waals surface area contributed by atoms with Crippen LogP contribution in [-0.2, 0) is 0 Å². The zero-order valence-electron chi connectivity index (χ0n) is 8.47. The molecule has 0 aliphatic heterocycles. The summed E-state index contributed by atoms with van der Waals surface area (Å²) in [5, 5.41) is 3.37. The first-order valence-electron chi connectivity index (χ1n) is 5.33. The third kappa shape index (κ3) is 2.76. The Balaban J connectivity index is 2.07. The lowest BCUT2D eigenvalue weighted by molar-refractivity contribution is 0.135. The summed E-state index contributed by atoms with van der Waals surface area (Å²) >= 11 is 0. The SMILES string of the molecule is CCNCCN(CC)C1CCC1. The van der Waals surface area contributed by atoms with Gasteiger partial charge in [-0.2, -0.15) is 0 Å².